The Morgan fingerprint density at radius 2 is 1.69 bits per heavy atom. The molecule has 3 aromatic rings. The van der Waals surface area contributed by atoms with Gasteiger partial charge < -0.3 is 15.4 Å². The molecule has 7 nitrogen and oxygen atoms in total. The molecule has 0 radical (unpaired) electrons. The zero-order chi connectivity index (χ0) is 18.5. The third kappa shape index (κ3) is 4.07. The van der Waals surface area contributed by atoms with Gasteiger partial charge in [0.25, 0.3) is 5.91 Å². The average Bonchev–Trinajstić information content (AvgIpc) is 3.13. The number of hydrogen-bond acceptors (Lipinski definition) is 4. The standard InChI is InChI=1S/C19H18N4O3/c1-12(24)20-14-6-8-15(9-7-14)21-19(25)18-11-17(22-23-18)13-4-3-5-16(10-13)26-2/h3-11H,1-2H3,(H,20,24)(H,21,25)(H,22,23). The summed E-state index contributed by atoms with van der Waals surface area (Å²) in [5.74, 6) is 0.263. The average molecular weight is 350 g/mol. The number of anilines is 2. The van der Waals surface area contributed by atoms with E-state index in [0.29, 0.717) is 22.8 Å². The van der Waals surface area contributed by atoms with Crippen molar-refractivity contribution in [1.29, 1.82) is 0 Å². The molecule has 0 aliphatic heterocycles. The van der Waals surface area contributed by atoms with Gasteiger partial charge in [-0.3, -0.25) is 14.7 Å². The maximum atomic E-state index is 12.4. The lowest BCUT2D eigenvalue weighted by atomic mass is 10.1. The topological polar surface area (TPSA) is 96.1 Å². The third-order valence-corrected chi connectivity index (χ3v) is 3.65. The second kappa shape index (κ2) is 7.52. The van der Waals surface area contributed by atoms with Crippen molar-refractivity contribution < 1.29 is 14.3 Å². The summed E-state index contributed by atoms with van der Waals surface area (Å²) in [5, 5.41) is 12.4. The lowest BCUT2D eigenvalue weighted by molar-refractivity contribution is -0.114. The van der Waals surface area contributed by atoms with Crippen molar-refractivity contribution >= 4 is 23.2 Å². The van der Waals surface area contributed by atoms with E-state index in [2.05, 4.69) is 20.8 Å². The number of amides is 2. The molecule has 26 heavy (non-hydrogen) atoms. The number of carbonyl (C=O) groups excluding carboxylic acids is 2. The molecule has 0 saturated heterocycles. The third-order valence-electron chi connectivity index (χ3n) is 3.65. The minimum Gasteiger partial charge on any atom is -0.497 e. The van der Waals surface area contributed by atoms with Crippen LogP contribution in [0.3, 0.4) is 0 Å². The van der Waals surface area contributed by atoms with Crippen molar-refractivity contribution in [3.8, 4) is 17.0 Å². The number of aromatic amines is 1. The van der Waals surface area contributed by atoms with E-state index in [-0.39, 0.29) is 11.8 Å². The van der Waals surface area contributed by atoms with Gasteiger partial charge in [0.15, 0.2) is 0 Å². The van der Waals surface area contributed by atoms with Crippen LogP contribution >= 0.6 is 0 Å². The van der Waals surface area contributed by atoms with Gasteiger partial charge in [-0.25, -0.2) is 0 Å². The minimum absolute atomic E-state index is 0.149. The fraction of sp³-hybridized carbons (Fsp3) is 0.105. The summed E-state index contributed by atoms with van der Waals surface area (Å²) in [6.45, 7) is 1.44. The molecule has 0 bridgehead atoms. The predicted octanol–water partition coefficient (Wildman–Crippen LogP) is 3.30. The molecule has 1 aromatic heterocycles. The highest BCUT2D eigenvalue weighted by Gasteiger charge is 2.12. The fourth-order valence-corrected chi connectivity index (χ4v) is 2.41. The number of nitrogens with zero attached hydrogens (tertiary/aromatic N) is 1. The van der Waals surface area contributed by atoms with Gasteiger partial charge >= 0.3 is 0 Å². The van der Waals surface area contributed by atoms with Gasteiger partial charge in [0.05, 0.1) is 12.8 Å². The van der Waals surface area contributed by atoms with Gasteiger partial charge in [-0.2, -0.15) is 5.10 Å². The van der Waals surface area contributed by atoms with Gasteiger partial charge in [0, 0.05) is 23.9 Å². The van der Waals surface area contributed by atoms with Gasteiger partial charge in [-0.1, -0.05) is 12.1 Å². The number of benzene rings is 2. The number of H-pyrrole nitrogens is 1. The Balaban J connectivity index is 1.70. The maximum Gasteiger partial charge on any atom is 0.273 e. The largest absolute Gasteiger partial charge is 0.497 e. The molecule has 0 spiro atoms. The highest BCUT2D eigenvalue weighted by molar-refractivity contribution is 6.03. The fourth-order valence-electron chi connectivity index (χ4n) is 2.41. The zero-order valence-electron chi connectivity index (χ0n) is 14.4. The van der Waals surface area contributed by atoms with Crippen LogP contribution in [0.5, 0.6) is 5.75 Å². The van der Waals surface area contributed by atoms with E-state index in [1.54, 1.807) is 37.4 Å². The number of carbonyl (C=O) groups is 2. The summed E-state index contributed by atoms with van der Waals surface area (Å²) in [4.78, 5) is 23.4. The van der Waals surface area contributed by atoms with Crippen LogP contribution in [0.2, 0.25) is 0 Å². The summed E-state index contributed by atoms with van der Waals surface area (Å²) in [5.41, 5.74) is 3.11. The van der Waals surface area contributed by atoms with Crippen LogP contribution in [0.25, 0.3) is 11.3 Å². The molecule has 132 valence electrons. The molecule has 2 aromatic carbocycles. The van der Waals surface area contributed by atoms with E-state index in [4.69, 9.17) is 4.74 Å². The minimum atomic E-state index is -0.307. The Kier molecular flexibility index (Phi) is 4.98. The Labute approximate surface area is 150 Å². The van der Waals surface area contributed by atoms with E-state index in [1.807, 2.05) is 24.3 Å². The molecule has 7 heteroatoms. The molecule has 0 atom stereocenters. The smallest absolute Gasteiger partial charge is 0.273 e. The Bertz CT molecular complexity index is 932. The molecule has 3 N–H and O–H groups in total. The summed E-state index contributed by atoms with van der Waals surface area (Å²) in [7, 11) is 1.60. The number of aromatic nitrogens is 2. The van der Waals surface area contributed by atoms with E-state index in [0.717, 1.165) is 11.3 Å². The predicted molar refractivity (Wildman–Crippen MR) is 99.3 cm³/mol. The maximum absolute atomic E-state index is 12.4. The molecule has 0 aliphatic rings. The number of methoxy groups -OCH3 is 1. The van der Waals surface area contributed by atoms with Crippen LogP contribution < -0.4 is 15.4 Å². The van der Waals surface area contributed by atoms with Crippen LogP contribution in [-0.2, 0) is 4.79 Å². The molecule has 1 heterocycles. The first-order valence-corrected chi connectivity index (χ1v) is 7.94. The first-order valence-electron chi connectivity index (χ1n) is 7.94. The van der Waals surface area contributed by atoms with Gasteiger partial charge in [-0.05, 0) is 42.5 Å². The van der Waals surface area contributed by atoms with Gasteiger partial charge in [0.1, 0.15) is 11.4 Å². The quantitative estimate of drug-likeness (QED) is 0.658. The normalized spacial score (nSPS) is 10.2. The summed E-state index contributed by atoms with van der Waals surface area (Å²) in [6, 6.07) is 16.0. The molecule has 0 fully saturated rings. The van der Waals surface area contributed by atoms with E-state index >= 15 is 0 Å². The number of rotatable bonds is 5. The monoisotopic (exact) mass is 350 g/mol. The first-order chi connectivity index (χ1) is 12.5. The van der Waals surface area contributed by atoms with Crippen molar-refractivity contribution in [3.63, 3.8) is 0 Å². The van der Waals surface area contributed by atoms with Gasteiger partial charge in [-0.15, -0.1) is 0 Å². The summed E-state index contributed by atoms with van der Waals surface area (Å²) >= 11 is 0. The van der Waals surface area contributed by atoms with Crippen molar-refractivity contribution in [2.75, 3.05) is 17.7 Å². The van der Waals surface area contributed by atoms with Crippen molar-refractivity contribution in [2.24, 2.45) is 0 Å². The second-order valence-electron chi connectivity index (χ2n) is 5.61. The van der Waals surface area contributed by atoms with E-state index in [9.17, 15) is 9.59 Å². The number of ether oxygens (including phenoxy) is 1. The van der Waals surface area contributed by atoms with Crippen LogP contribution in [0.1, 0.15) is 17.4 Å². The van der Waals surface area contributed by atoms with Crippen molar-refractivity contribution in [1.82, 2.24) is 10.2 Å². The lowest BCUT2D eigenvalue weighted by Gasteiger charge is -2.05. The number of nitrogens with one attached hydrogen (secondary N) is 3. The van der Waals surface area contributed by atoms with Gasteiger partial charge in [0.2, 0.25) is 5.91 Å². The Morgan fingerprint density at radius 1 is 1.00 bits per heavy atom. The van der Waals surface area contributed by atoms with Crippen LogP contribution in [0.4, 0.5) is 11.4 Å². The molecule has 0 unspecified atom stereocenters. The molecule has 0 saturated carbocycles. The Hall–Kier alpha value is -3.61. The molecular weight excluding hydrogens is 332 g/mol. The van der Waals surface area contributed by atoms with Crippen LogP contribution in [-0.4, -0.2) is 29.1 Å². The van der Waals surface area contributed by atoms with E-state index < -0.39 is 0 Å². The summed E-state index contributed by atoms with van der Waals surface area (Å²) in [6.07, 6.45) is 0. The first kappa shape index (κ1) is 17.2. The molecule has 0 aliphatic carbocycles. The van der Waals surface area contributed by atoms with Crippen LogP contribution in [0.15, 0.2) is 54.6 Å². The molecular formula is C19H18N4O3. The van der Waals surface area contributed by atoms with Crippen molar-refractivity contribution in [2.45, 2.75) is 6.92 Å². The second-order valence-corrected chi connectivity index (χ2v) is 5.61. The summed E-state index contributed by atoms with van der Waals surface area (Å²) < 4.78 is 5.20. The zero-order valence-corrected chi connectivity index (χ0v) is 14.4. The van der Waals surface area contributed by atoms with E-state index in [1.165, 1.54) is 6.92 Å². The highest BCUT2D eigenvalue weighted by Crippen LogP contribution is 2.23. The molecule has 3 rings (SSSR count). The number of hydrogen-bond donors (Lipinski definition) is 3. The highest BCUT2D eigenvalue weighted by atomic mass is 16.5. The van der Waals surface area contributed by atoms with Crippen LogP contribution in [0, 0.1) is 0 Å². The molecule has 2 amide bonds. The van der Waals surface area contributed by atoms with Crippen molar-refractivity contribution in [3.05, 3.63) is 60.3 Å². The lowest BCUT2D eigenvalue weighted by Crippen LogP contribution is -2.12. The SMILES string of the molecule is COc1cccc(-c2cc(C(=O)Nc3ccc(NC(C)=O)cc3)[nH]n2)c1. The Morgan fingerprint density at radius 3 is 2.35 bits per heavy atom.